The summed E-state index contributed by atoms with van der Waals surface area (Å²) in [6.45, 7) is 2.05. The predicted octanol–water partition coefficient (Wildman–Crippen LogP) is 1.47. The van der Waals surface area contributed by atoms with Crippen LogP contribution in [0.2, 0.25) is 0 Å². The summed E-state index contributed by atoms with van der Waals surface area (Å²) in [5.74, 6) is -2.37. The molecule has 2 rings (SSSR count). The van der Waals surface area contributed by atoms with Crippen molar-refractivity contribution in [2.45, 2.75) is 25.8 Å². The van der Waals surface area contributed by atoms with Gasteiger partial charge in [0.25, 0.3) is 0 Å². The molecule has 1 aliphatic rings. The Hall–Kier alpha value is -1.91. The number of amides is 1. The fourth-order valence-corrected chi connectivity index (χ4v) is 2.30. The highest BCUT2D eigenvalue weighted by atomic mass is 16.4. The minimum Gasteiger partial charge on any atom is -0.481 e. The normalized spacial score (nSPS) is 20.7. The molecule has 1 saturated heterocycles. The fourth-order valence-electron chi connectivity index (χ4n) is 2.30. The molecule has 1 aromatic rings. The van der Waals surface area contributed by atoms with Gasteiger partial charge in [-0.15, -0.1) is 0 Å². The number of aliphatic carboxylic acids is 1. The van der Waals surface area contributed by atoms with Gasteiger partial charge in [-0.3, -0.25) is 14.6 Å². The van der Waals surface area contributed by atoms with Crippen LogP contribution in [-0.4, -0.2) is 33.4 Å². The fraction of sp³-hybridized carbons (Fsp3) is 0.462. The van der Waals surface area contributed by atoms with Crippen LogP contribution in [-0.2, 0) is 9.59 Å². The second kappa shape index (κ2) is 5.16. The summed E-state index contributed by atoms with van der Waals surface area (Å²) in [5.41, 5.74) is 0.973. The molecular weight excluding hydrogens is 232 g/mol. The van der Waals surface area contributed by atoms with Gasteiger partial charge in [-0.05, 0) is 31.4 Å². The molecule has 1 aromatic heterocycles. The lowest BCUT2D eigenvalue weighted by Gasteiger charge is -2.26. The van der Waals surface area contributed by atoms with Crippen LogP contribution in [0.4, 0.5) is 0 Å². The first-order chi connectivity index (χ1) is 8.61. The number of likely N-dealkylation sites (tertiary alicyclic amines) is 1. The van der Waals surface area contributed by atoms with E-state index in [1.807, 2.05) is 12.1 Å². The zero-order valence-electron chi connectivity index (χ0n) is 10.2. The molecule has 0 spiro atoms. The van der Waals surface area contributed by atoms with Crippen molar-refractivity contribution in [3.8, 4) is 0 Å². The second-order valence-corrected chi connectivity index (χ2v) is 4.54. The van der Waals surface area contributed by atoms with E-state index in [0.717, 1.165) is 18.4 Å². The molecular formula is C13H16N2O3. The van der Waals surface area contributed by atoms with E-state index in [0.29, 0.717) is 6.54 Å². The van der Waals surface area contributed by atoms with Crippen LogP contribution in [0.25, 0.3) is 0 Å². The maximum Gasteiger partial charge on any atom is 0.315 e. The third-order valence-corrected chi connectivity index (χ3v) is 3.35. The van der Waals surface area contributed by atoms with Crippen LogP contribution in [0, 0.1) is 5.92 Å². The second-order valence-electron chi connectivity index (χ2n) is 4.54. The SMILES string of the molecule is CC(C(=O)O)C(=O)N1CCCC1c1cccnc1. The summed E-state index contributed by atoms with van der Waals surface area (Å²) >= 11 is 0. The van der Waals surface area contributed by atoms with Gasteiger partial charge in [0.2, 0.25) is 5.91 Å². The van der Waals surface area contributed by atoms with Gasteiger partial charge in [-0.2, -0.15) is 0 Å². The number of carbonyl (C=O) groups is 2. The summed E-state index contributed by atoms with van der Waals surface area (Å²) in [7, 11) is 0. The Balaban J connectivity index is 2.18. The average Bonchev–Trinajstić information content (AvgIpc) is 2.87. The Bertz CT molecular complexity index is 447. The molecule has 2 atom stereocenters. The zero-order chi connectivity index (χ0) is 13.1. The lowest BCUT2D eigenvalue weighted by atomic mass is 10.1. The molecule has 5 nitrogen and oxygen atoms in total. The quantitative estimate of drug-likeness (QED) is 0.822. The average molecular weight is 248 g/mol. The van der Waals surface area contributed by atoms with E-state index in [1.165, 1.54) is 6.92 Å². The van der Waals surface area contributed by atoms with Gasteiger partial charge in [0.1, 0.15) is 5.92 Å². The summed E-state index contributed by atoms with van der Waals surface area (Å²) in [4.78, 5) is 28.7. The summed E-state index contributed by atoms with van der Waals surface area (Å²) < 4.78 is 0. The topological polar surface area (TPSA) is 70.5 Å². The number of hydrogen-bond donors (Lipinski definition) is 1. The van der Waals surface area contributed by atoms with Crippen LogP contribution in [0.15, 0.2) is 24.5 Å². The number of carboxylic acid groups (broad SMARTS) is 1. The Morgan fingerprint density at radius 3 is 2.94 bits per heavy atom. The van der Waals surface area contributed by atoms with Crippen LogP contribution in [0.5, 0.6) is 0 Å². The van der Waals surface area contributed by atoms with Crippen molar-refractivity contribution in [3.05, 3.63) is 30.1 Å². The molecule has 0 radical (unpaired) electrons. The molecule has 5 heteroatoms. The Morgan fingerprint density at radius 1 is 1.56 bits per heavy atom. The summed E-state index contributed by atoms with van der Waals surface area (Å²) in [5, 5.41) is 8.91. The van der Waals surface area contributed by atoms with E-state index in [1.54, 1.807) is 17.3 Å². The molecule has 18 heavy (non-hydrogen) atoms. The van der Waals surface area contributed by atoms with Gasteiger partial charge >= 0.3 is 5.97 Å². The highest BCUT2D eigenvalue weighted by molar-refractivity contribution is 5.96. The van der Waals surface area contributed by atoms with Crippen molar-refractivity contribution in [2.75, 3.05) is 6.54 Å². The largest absolute Gasteiger partial charge is 0.481 e. The third-order valence-electron chi connectivity index (χ3n) is 3.35. The van der Waals surface area contributed by atoms with E-state index >= 15 is 0 Å². The molecule has 0 aromatic carbocycles. The summed E-state index contributed by atoms with van der Waals surface area (Å²) in [6, 6.07) is 3.72. The molecule has 1 N–H and O–H groups in total. The molecule has 2 heterocycles. The van der Waals surface area contributed by atoms with Crippen LogP contribution in [0.3, 0.4) is 0 Å². The molecule has 0 aliphatic carbocycles. The van der Waals surface area contributed by atoms with E-state index in [-0.39, 0.29) is 11.9 Å². The monoisotopic (exact) mass is 248 g/mol. The minimum atomic E-state index is -1.07. The maximum atomic E-state index is 12.1. The van der Waals surface area contributed by atoms with Crippen LogP contribution >= 0.6 is 0 Å². The molecule has 1 aliphatic heterocycles. The number of hydrogen-bond acceptors (Lipinski definition) is 3. The van der Waals surface area contributed by atoms with E-state index < -0.39 is 11.9 Å². The van der Waals surface area contributed by atoms with Crippen molar-refractivity contribution in [2.24, 2.45) is 5.92 Å². The van der Waals surface area contributed by atoms with Gasteiger partial charge in [0.05, 0.1) is 6.04 Å². The number of rotatable bonds is 3. The molecule has 1 fully saturated rings. The van der Waals surface area contributed by atoms with E-state index in [9.17, 15) is 9.59 Å². The van der Waals surface area contributed by atoms with Gasteiger partial charge in [-0.25, -0.2) is 0 Å². The van der Waals surface area contributed by atoms with Gasteiger partial charge < -0.3 is 10.0 Å². The highest BCUT2D eigenvalue weighted by Crippen LogP contribution is 2.32. The van der Waals surface area contributed by atoms with E-state index in [4.69, 9.17) is 5.11 Å². The first-order valence-electron chi connectivity index (χ1n) is 6.04. The van der Waals surface area contributed by atoms with Gasteiger partial charge in [0, 0.05) is 18.9 Å². The first kappa shape index (κ1) is 12.5. The Labute approximate surface area is 105 Å². The lowest BCUT2D eigenvalue weighted by Crippen LogP contribution is -2.37. The smallest absolute Gasteiger partial charge is 0.315 e. The molecule has 0 bridgehead atoms. The number of carbonyl (C=O) groups excluding carboxylic acids is 1. The van der Waals surface area contributed by atoms with Crippen molar-refractivity contribution in [3.63, 3.8) is 0 Å². The maximum absolute atomic E-state index is 12.1. The minimum absolute atomic E-state index is 0.0343. The standard InChI is InChI=1S/C13H16N2O3/c1-9(13(17)18)12(16)15-7-3-5-11(15)10-4-2-6-14-8-10/h2,4,6,8-9,11H,3,5,7H2,1H3,(H,17,18). The lowest BCUT2D eigenvalue weighted by molar-refractivity contribution is -0.150. The van der Waals surface area contributed by atoms with Crippen molar-refractivity contribution in [1.82, 2.24) is 9.88 Å². The zero-order valence-corrected chi connectivity index (χ0v) is 10.2. The number of pyridine rings is 1. The molecule has 2 unspecified atom stereocenters. The van der Waals surface area contributed by atoms with Gasteiger partial charge in [0.15, 0.2) is 0 Å². The number of carboxylic acids is 1. The Morgan fingerprint density at radius 2 is 2.33 bits per heavy atom. The Kier molecular flexibility index (Phi) is 3.60. The van der Waals surface area contributed by atoms with Crippen LogP contribution in [0.1, 0.15) is 31.4 Å². The third kappa shape index (κ3) is 2.34. The van der Waals surface area contributed by atoms with E-state index in [2.05, 4.69) is 4.98 Å². The highest BCUT2D eigenvalue weighted by Gasteiger charge is 2.34. The molecule has 0 saturated carbocycles. The van der Waals surface area contributed by atoms with Crippen molar-refractivity contribution >= 4 is 11.9 Å². The van der Waals surface area contributed by atoms with Crippen molar-refractivity contribution in [1.29, 1.82) is 0 Å². The number of nitrogens with zero attached hydrogens (tertiary/aromatic N) is 2. The van der Waals surface area contributed by atoms with Crippen LogP contribution < -0.4 is 0 Å². The van der Waals surface area contributed by atoms with Gasteiger partial charge in [-0.1, -0.05) is 6.07 Å². The first-order valence-corrected chi connectivity index (χ1v) is 6.04. The molecule has 96 valence electrons. The number of aromatic nitrogens is 1. The predicted molar refractivity (Wildman–Crippen MR) is 64.7 cm³/mol. The van der Waals surface area contributed by atoms with Crippen molar-refractivity contribution < 1.29 is 14.7 Å². The summed E-state index contributed by atoms with van der Waals surface area (Å²) in [6.07, 6.45) is 5.19. The molecule has 1 amide bonds.